The molecule has 0 saturated heterocycles. The van der Waals surface area contributed by atoms with Crippen molar-refractivity contribution in [2.75, 3.05) is 17.7 Å². The summed E-state index contributed by atoms with van der Waals surface area (Å²) in [6, 6.07) is 5.58. The van der Waals surface area contributed by atoms with E-state index in [1.54, 1.807) is 6.20 Å². The molecule has 4 N–H and O–H groups in total. The number of nitrogens with one attached hydrogen (secondary N) is 2. The smallest absolute Gasteiger partial charge is 0.215 e. The number of H-pyrrole nitrogens is 1. The predicted molar refractivity (Wildman–Crippen MR) is 65.7 cm³/mol. The Morgan fingerprint density at radius 3 is 3.06 bits per heavy atom. The van der Waals surface area contributed by atoms with Crippen molar-refractivity contribution in [3.8, 4) is 5.88 Å². The molecule has 17 heavy (non-hydrogen) atoms. The monoisotopic (exact) mass is 233 g/mol. The largest absolute Gasteiger partial charge is 0.478 e. The summed E-state index contributed by atoms with van der Waals surface area (Å²) in [5, 5.41) is 9.68. The van der Waals surface area contributed by atoms with E-state index in [1.165, 1.54) is 0 Å². The molecule has 0 aromatic carbocycles. The zero-order valence-corrected chi connectivity index (χ0v) is 9.60. The number of rotatable bonds is 5. The Morgan fingerprint density at radius 2 is 2.35 bits per heavy atom. The molecule has 0 aliphatic carbocycles. The molecular formula is C11H15N5O. The van der Waals surface area contributed by atoms with E-state index < -0.39 is 0 Å². The van der Waals surface area contributed by atoms with E-state index >= 15 is 0 Å². The van der Waals surface area contributed by atoms with Gasteiger partial charge >= 0.3 is 0 Å². The second-order valence-corrected chi connectivity index (χ2v) is 3.46. The Labute approximate surface area is 99.2 Å². The molecule has 2 rings (SSSR count). The van der Waals surface area contributed by atoms with Gasteiger partial charge in [-0.15, -0.1) is 0 Å². The first-order valence-corrected chi connectivity index (χ1v) is 5.41. The molecule has 0 saturated carbocycles. The van der Waals surface area contributed by atoms with E-state index in [4.69, 9.17) is 10.5 Å². The molecule has 0 unspecified atom stereocenters. The molecule has 0 aliphatic heterocycles. The fourth-order valence-corrected chi connectivity index (χ4v) is 1.39. The maximum absolute atomic E-state index is 5.68. The summed E-state index contributed by atoms with van der Waals surface area (Å²) in [5.74, 6) is 1.92. The van der Waals surface area contributed by atoms with Gasteiger partial charge in [0.1, 0.15) is 11.6 Å². The molecule has 6 nitrogen and oxygen atoms in total. The highest BCUT2D eigenvalue weighted by Crippen LogP contribution is 2.13. The average molecular weight is 233 g/mol. The van der Waals surface area contributed by atoms with Crippen molar-refractivity contribution in [2.45, 2.75) is 13.5 Å². The van der Waals surface area contributed by atoms with Crippen LogP contribution in [0.2, 0.25) is 0 Å². The zero-order chi connectivity index (χ0) is 12.1. The Balaban J connectivity index is 1.99. The number of nitrogens with zero attached hydrogens (tertiary/aromatic N) is 2. The lowest BCUT2D eigenvalue weighted by atomic mass is 10.3. The first-order valence-electron chi connectivity index (χ1n) is 5.41. The van der Waals surface area contributed by atoms with Crippen molar-refractivity contribution in [2.24, 2.45) is 0 Å². The van der Waals surface area contributed by atoms with Crippen LogP contribution in [0.4, 0.5) is 11.6 Å². The van der Waals surface area contributed by atoms with Crippen molar-refractivity contribution in [3.05, 3.63) is 30.0 Å². The lowest BCUT2D eigenvalue weighted by molar-refractivity contribution is 0.327. The Kier molecular flexibility index (Phi) is 3.44. The van der Waals surface area contributed by atoms with E-state index in [-0.39, 0.29) is 0 Å². The number of hydrogen-bond acceptors (Lipinski definition) is 5. The van der Waals surface area contributed by atoms with E-state index in [0.29, 0.717) is 24.8 Å². The van der Waals surface area contributed by atoms with Gasteiger partial charge in [0.25, 0.3) is 0 Å². The Bertz CT molecular complexity index is 482. The lowest BCUT2D eigenvalue weighted by Gasteiger charge is -2.07. The highest BCUT2D eigenvalue weighted by molar-refractivity contribution is 5.42. The van der Waals surface area contributed by atoms with Gasteiger partial charge in [0.15, 0.2) is 0 Å². The number of aromatic nitrogens is 3. The van der Waals surface area contributed by atoms with Crippen molar-refractivity contribution >= 4 is 11.6 Å². The first kappa shape index (κ1) is 11.3. The fraction of sp³-hybridized carbons (Fsp3) is 0.273. The molecule has 2 aromatic heterocycles. The van der Waals surface area contributed by atoms with Gasteiger partial charge in [-0.1, -0.05) is 6.07 Å². The third-order valence-electron chi connectivity index (χ3n) is 2.23. The quantitative estimate of drug-likeness (QED) is 0.726. The van der Waals surface area contributed by atoms with E-state index in [0.717, 1.165) is 11.4 Å². The lowest BCUT2D eigenvalue weighted by Crippen LogP contribution is -2.04. The van der Waals surface area contributed by atoms with Crippen LogP contribution in [0.3, 0.4) is 0 Å². The minimum Gasteiger partial charge on any atom is -0.478 e. The molecule has 0 radical (unpaired) electrons. The predicted octanol–water partition coefficient (Wildman–Crippen LogP) is 1.40. The number of anilines is 2. The molecule has 0 fully saturated rings. The number of ether oxygens (including phenoxy) is 1. The van der Waals surface area contributed by atoms with Crippen LogP contribution in [0.15, 0.2) is 24.4 Å². The van der Waals surface area contributed by atoms with Gasteiger partial charge in [-0.2, -0.15) is 10.1 Å². The molecule has 0 atom stereocenters. The standard InChI is InChI=1S/C11H15N5O/c1-2-17-10-5-3-4-9(15-10)13-6-8-7-14-16-11(8)12/h3-5,7H,2,6H2,1H3,(H,13,15)(H3,12,14,16). The second kappa shape index (κ2) is 5.20. The van der Waals surface area contributed by atoms with Gasteiger partial charge in [0.05, 0.1) is 12.8 Å². The third kappa shape index (κ3) is 2.87. The van der Waals surface area contributed by atoms with Crippen molar-refractivity contribution in [3.63, 3.8) is 0 Å². The van der Waals surface area contributed by atoms with E-state index in [2.05, 4.69) is 20.5 Å². The summed E-state index contributed by atoms with van der Waals surface area (Å²) < 4.78 is 5.31. The number of pyridine rings is 1. The summed E-state index contributed by atoms with van der Waals surface area (Å²) in [7, 11) is 0. The highest BCUT2D eigenvalue weighted by Gasteiger charge is 2.02. The van der Waals surface area contributed by atoms with Gasteiger partial charge in [-0.05, 0) is 13.0 Å². The van der Waals surface area contributed by atoms with Gasteiger partial charge in [0.2, 0.25) is 5.88 Å². The van der Waals surface area contributed by atoms with Crippen LogP contribution in [-0.4, -0.2) is 21.8 Å². The van der Waals surface area contributed by atoms with Crippen molar-refractivity contribution in [1.82, 2.24) is 15.2 Å². The molecule has 0 spiro atoms. The maximum Gasteiger partial charge on any atom is 0.215 e. The summed E-state index contributed by atoms with van der Waals surface area (Å²) in [6.07, 6.45) is 1.69. The number of nitrogens with two attached hydrogens (primary N) is 1. The second-order valence-electron chi connectivity index (χ2n) is 3.46. The van der Waals surface area contributed by atoms with Crippen LogP contribution in [0.5, 0.6) is 5.88 Å². The van der Waals surface area contributed by atoms with Gasteiger partial charge in [-0.25, -0.2) is 0 Å². The molecular weight excluding hydrogens is 218 g/mol. The SMILES string of the molecule is CCOc1cccc(NCc2cn[nH]c2N)n1. The fourth-order valence-electron chi connectivity index (χ4n) is 1.39. The minimum atomic E-state index is 0.568. The van der Waals surface area contributed by atoms with Gasteiger partial charge in [0, 0.05) is 18.2 Å². The highest BCUT2D eigenvalue weighted by atomic mass is 16.5. The number of hydrogen-bond donors (Lipinski definition) is 3. The first-order chi connectivity index (χ1) is 8.29. The van der Waals surface area contributed by atoms with Gasteiger partial charge < -0.3 is 15.8 Å². The van der Waals surface area contributed by atoms with Crippen LogP contribution in [0.25, 0.3) is 0 Å². The van der Waals surface area contributed by atoms with Gasteiger partial charge in [-0.3, -0.25) is 5.10 Å². The molecule has 0 amide bonds. The summed E-state index contributed by atoms with van der Waals surface area (Å²) >= 11 is 0. The average Bonchev–Trinajstić information content (AvgIpc) is 2.73. The summed E-state index contributed by atoms with van der Waals surface area (Å²) in [6.45, 7) is 3.10. The van der Waals surface area contributed by atoms with Crippen LogP contribution in [0, 0.1) is 0 Å². The molecule has 0 bridgehead atoms. The minimum absolute atomic E-state index is 0.568. The van der Waals surface area contributed by atoms with Crippen LogP contribution in [0.1, 0.15) is 12.5 Å². The molecule has 2 aromatic rings. The van der Waals surface area contributed by atoms with E-state index in [1.807, 2.05) is 25.1 Å². The number of aromatic amines is 1. The summed E-state index contributed by atoms with van der Waals surface area (Å²) in [5.41, 5.74) is 6.59. The number of nitrogen functional groups attached to an aromatic ring is 1. The van der Waals surface area contributed by atoms with Crippen molar-refractivity contribution < 1.29 is 4.74 Å². The maximum atomic E-state index is 5.68. The third-order valence-corrected chi connectivity index (χ3v) is 2.23. The van der Waals surface area contributed by atoms with E-state index in [9.17, 15) is 0 Å². The Hall–Kier alpha value is -2.24. The van der Waals surface area contributed by atoms with Crippen LogP contribution >= 0.6 is 0 Å². The zero-order valence-electron chi connectivity index (χ0n) is 9.60. The molecule has 2 heterocycles. The molecule has 6 heteroatoms. The topological polar surface area (TPSA) is 88.8 Å². The van der Waals surface area contributed by atoms with Crippen LogP contribution in [-0.2, 0) is 6.54 Å². The van der Waals surface area contributed by atoms with Crippen LogP contribution < -0.4 is 15.8 Å². The van der Waals surface area contributed by atoms with Crippen molar-refractivity contribution in [1.29, 1.82) is 0 Å². The molecule has 90 valence electrons. The summed E-state index contributed by atoms with van der Waals surface area (Å²) in [4.78, 5) is 4.29. The Morgan fingerprint density at radius 1 is 1.47 bits per heavy atom. The molecule has 0 aliphatic rings. The normalized spacial score (nSPS) is 10.2.